The number of nitriles is 1. The molecule has 3 heteroatoms. The van der Waals surface area contributed by atoms with E-state index in [0.29, 0.717) is 5.56 Å². The van der Waals surface area contributed by atoms with E-state index in [4.69, 9.17) is 5.26 Å². The maximum absolute atomic E-state index is 8.62. The summed E-state index contributed by atoms with van der Waals surface area (Å²) in [4.78, 5) is 0. The number of nitrogens with zero attached hydrogens (tertiary/aromatic N) is 3. The number of fused-ring (bicyclic) bond motifs is 1. The van der Waals surface area contributed by atoms with E-state index in [0.717, 1.165) is 5.52 Å². The van der Waals surface area contributed by atoms with Crippen LogP contribution >= 0.6 is 0 Å². The fraction of sp³-hybridized carbons (Fsp3) is 0. The fourth-order valence-electron chi connectivity index (χ4n) is 1.02. The summed E-state index contributed by atoms with van der Waals surface area (Å²) in [5.74, 6) is 0. The van der Waals surface area contributed by atoms with Gasteiger partial charge < -0.3 is 0 Å². The zero-order valence-corrected chi connectivity index (χ0v) is 5.73. The minimum absolute atomic E-state index is 0.616. The lowest BCUT2D eigenvalue weighted by Gasteiger charge is -1.88. The Bertz CT molecular complexity index is 422. The minimum atomic E-state index is 0.616. The molecule has 2 aromatic heterocycles. The fourth-order valence-corrected chi connectivity index (χ4v) is 1.02. The molecule has 0 saturated heterocycles. The van der Waals surface area contributed by atoms with Crippen molar-refractivity contribution >= 4 is 5.52 Å². The topological polar surface area (TPSA) is 41.1 Å². The van der Waals surface area contributed by atoms with E-state index in [2.05, 4.69) is 11.2 Å². The van der Waals surface area contributed by atoms with Crippen LogP contribution in [-0.2, 0) is 0 Å². The Morgan fingerprint density at radius 1 is 1.45 bits per heavy atom. The van der Waals surface area contributed by atoms with Gasteiger partial charge in [0.1, 0.15) is 6.07 Å². The summed E-state index contributed by atoms with van der Waals surface area (Å²) in [6.07, 6.45) is 3.38. The molecule has 0 saturated carbocycles. The number of rotatable bonds is 0. The third-order valence-corrected chi connectivity index (χ3v) is 1.55. The highest BCUT2D eigenvalue weighted by molar-refractivity contribution is 5.59. The number of aromatic nitrogens is 2. The monoisotopic (exact) mass is 143 g/mol. The average Bonchev–Trinajstić information content (AvgIpc) is 2.47. The molecule has 2 heterocycles. The molecule has 0 amide bonds. The van der Waals surface area contributed by atoms with Crippen molar-refractivity contribution in [3.05, 3.63) is 36.2 Å². The van der Waals surface area contributed by atoms with Crippen LogP contribution in [0.4, 0.5) is 0 Å². The van der Waals surface area contributed by atoms with Gasteiger partial charge in [-0.25, -0.2) is 4.52 Å². The summed E-state index contributed by atoms with van der Waals surface area (Å²) in [5.41, 5.74) is 1.47. The van der Waals surface area contributed by atoms with Gasteiger partial charge in [0.15, 0.2) is 0 Å². The summed E-state index contributed by atoms with van der Waals surface area (Å²) in [7, 11) is 0. The van der Waals surface area contributed by atoms with Crippen LogP contribution in [0.25, 0.3) is 5.52 Å². The molecule has 2 aromatic rings. The van der Waals surface area contributed by atoms with Gasteiger partial charge in [0.2, 0.25) is 0 Å². The SMILES string of the molecule is N#Cc1cnn2ccccc12. The van der Waals surface area contributed by atoms with Gasteiger partial charge in [-0.15, -0.1) is 0 Å². The Labute approximate surface area is 63.5 Å². The zero-order valence-electron chi connectivity index (χ0n) is 5.73. The molecule has 0 aromatic carbocycles. The normalized spacial score (nSPS) is 9.73. The van der Waals surface area contributed by atoms with Crippen LogP contribution in [0.2, 0.25) is 0 Å². The van der Waals surface area contributed by atoms with Crippen LogP contribution in [0.15, 0.2) is 30.6 Å². The summed E-state index contributed by atoms with van der Waals surface area (Å²) < 4.78 is 1.68. The molecule has 3 nitrogen and oxygen atoms in total. The third kappa shape index (κ3) is 0.767. The number of pyridine rings is 1. The lowest BCUT2D eigenvalue weighted by atomic mass is 10.3. The van der Waals surface area contributed by atoms with Crippen molar-refractivity contribution in [2.45, 2.75) is 0 Å². The van der Waals surface area contributed by atoms with E-state index in [-0.39, 0.29) is 0 Å². The molecule has 52 valence electrons. The van der Waals surface area contributed by atoms with E-state index in [1.54, 1.807) is 10.7 Å². The van der Waals surface area contributed by atoms with Gasteiger partial charge in [0.05, 0.1) is 17.3 Å². The smallest absolute Gasteiger partial charge is 0.103 e. The molecule has 0 aliphatic heterocycles. The zero-order chi connectivity index (χ0) is 7.68. The summed E-state index contributed by atoms with van der Waals surface area (Å²) in [5, 5.41) is 12.6. The van der Waals surface area contributed by atoms with Gasteiger partial charge in [0.25, 0.3) is 0 Å². The van der Waals surface area contributed by atoms with Crippen molar-refractivity contribution in [1.82, 2.24) is 9.61 Å². The van der Waals surface area contributed by atoms with Gasteiger partial charge in [-0.05, 0) is 12.1 Å². The molecule has 2 rings (SSSR count). The number of hydrogen-bond acceptors (Lipinski definition) is 2. The Kier molecular flexibility index (Phi) is 1.13. The van der Waals surface area contributed by atoms with Crippen LogP contribution in [0.5, 0.6) is 0 Å². The van der Waals surface area contributed by atoms with Crippen molar-refractivity contribution in [1.29, 1.82) is 5.26 Å². The summed E-state index contributed by atoms with van der Waals surface area (Å²) >= 11 is 0. The second kappa shape index (κ2) is 2.10. The van der Waals surface area contributed by atoms with Crippen molar-refractivity contribution in [2.75, 3.05) is 0 Å². The van der Waals surface area contributed by atoms with Gasteiger partial charge in [0, 0.05) is 6.20 Å². The standard InChI is InChI=1S/C8H5N3/c9-5-7-6-10-11-4-2-1-3-8(7)11/h1-4,6H. The van der Waals surface area contributed by atoms with Crippen LogP contribution < -0.4 is 0 Å². The highest BCUT2D eigenvalue weighted by Gasteiger charge is 1.98. The number of hydrogen-bond donors (Lipinski definition) is 0. The lowest BCUT2D eigenvalue weighted by Crippen LogP contribution is -1.82. The predicted molar refractivity (Wildman–Crippen MR) is 39.9 cm³/mol. The Balaban J connectivity index is 2.89. The maximum atomic E-state index is 8.62. The van der Waals surface area contributed by atoms with Gasteiger partial charge in [-0.2, -0.15) is 10.4 Å². The van der Waals surface area contributed by atoms with Gasteiger partial charge in [-0.3, -0.25) is 0 Å². The first-order chi connectivity index (χ1) is 5.42. The molecular weight excluding hydrogens is 138 g/mol. The third-order valence-electron chi connectivity index (χ3n) is 1.55. The van der Waals surface area contributed by atoms with Crippen molar-refractivity contribution in [3.8, 4) is 6.07 Å². The Morgan fingerprint density at radius 2 is 2.36 bits per heavy atom. The van der Waals surface area contributed by atoms with Crippen molar-refractivity contribution in [3.63, 3.8) is 0 Å². The van der Waals surface area contributed by atoms with Gasteiger partial charge >= 0.3 is 0 Å². The highest BCUT2D eigenvalue weighted by Crippen LogP contribution is 2.06. The van der Waals surface area contributed by atoms with Crippen LogP contribution in [0.1, 0.15) is 5.56 Å². The molecule has 0 bridgehead atoms. The molecule has 0 atom stereocenters. The van der Waals surface area contributed by atoms with Crippen LogP contribution in [0.3, 0.4) is 0 Å². The molecule has 0 fully saturated rings. The molecule has 11 heavy (non-hydrogen) atoms. The Hall–Kier alpha value is -1.82. The van der Waals surface area contributed by atoms with E-state index in [1.807, 2.05) is 24.4 Å². The first-order valence-electron chi connectivity index (χ1n) is 3.24. The minimum Gasteiger partial charge on any atom is -0.240 e. The van der Waals surface area contributed by atoms with E-state index >= 15 is 0 Å². The lowest BCUT2D eigenvalue weighted by molar-refractivity contribution is 0.961. The largest absolute Gasteiger partial charge is 0.240 e. The first kappa shape index (κ1) is 5.93. The van der Waals surface area contributed by atoms with Crippen molar-refractivity contribution < 1.29 is 0 Å². The van der Waals surface area contributed by atoms with Crippen molar-refractivity contribution in [2.24, 2.45) is 0 Å². The van der Waals surface area contributed by atoms with Gasteiger partial charge in [-0.1, -0.05) is 6.07 Å². The molecule has 0 aliphatic carbocycles. The van der Waals surface area contributed by atoms with E-state index < -0.39 is 0 Å². The van der Waals surface area contributed by atoms with E-state index in [9.17, 15) is 0 Å². The quantitative estimate of drug-likeness (QED) is 0.556. The van der Waals surface area contributed by atoms with Crippen LogP contribution in [0, 0.1) is 11.3 Å². The molecular formula is C8H5N3. The second-order valence-corrected chi connectivity index (χ2v) is 2.20. The van der Waals surface area contributed by atoms with E-state index in [1.165, 1.54) is 0 Å². The molecule has 0 unspecified atom stereocenters. The molecule has 0 aliphatic rings. The molecule has 0 spiro atoms. The summed E-state index contributed by atoms with van der Waals surface area (Å²) in [6.45, 7) is 0. The van der Waals surface area contributed by atoms with Crippen LogP contribution in [-0.4, -0.2) is 9.61 Å². The molecule has 0 radical (unpaired) electrons. The average molecular weight is 143 g/mol. The molecule has 0 N–H and O–H groups in total. The Morgan fingerprint density at radius 3 is 3.18 bits per heavy atom. The highest BCUT2D eigenvalue weighted by atomic mass is 15.2. The summed E-state index contributed by atoms with van der Waals surface area (Å²) in [6, 6.07) is 7.70. The second-order valence-electron chi connectivity index (χ2n) is 2.20. The predicted octanol–water partition coefficient (Wildman–Crippen LogP) is 1.21. The first-order valence-corrected chi connectivity index (χ1v) is 3.24. The maximum Gasteiger partial charge on any atom is 0.103 e.